The van der Waals surface area contributed by atoms with E-state index in [0.29, 0.717) is 0 Å². The molecular weight excluding hydrogens is 222 g/mol. The molecule has 0 saturated carbocycles. The quantitative estimate of drug-likeness (QED) is 0.443. The Morgan fingerprint density at radius 3 is 2.44 bits per heavy atom. The second kappa shape index (κ2) is 5.85. The predicted molar refractivity (Wildman–Crippen MR) is 67.2 cm³/mol. The molecule has 1 heterocycles. The molecule has 84 valence electrons. The van der Waals surface area contributed by atoms with Gasteiger partial charge in [-0.15, -0.1) is 11.6 Å². The number of fused-ring (bicyclic) bond motifs is 1. The van der Waals surface area contributed by atoms with Gasteiger partial charge in [0.15, 0.2) is 0 Å². The van der Waals surface area contributed by atoms with E-state index in [9.17, 15) is 0 Å². The molecule has 2 rings (SSSR count). The minimum Gasteiger partial charge on any atom is -0.520 e. The predicted octanol–water partition coefficient (Wildman–Crippen LogP) is 3.45. The molecule has 0 radical (unpaired) electrons. The van der Waals surface area contributed by atoms with E-state index in [1.54, 1.807) is 0 Å². The summed E-state index contributed by atoms with van der Waals surface area (Å²) in [4.78, 5) is 0. The van der Waals surface area contributed by atoms with Gasteiger partial charge in [0.25, 0.3) is 0 Å². The van der Waals surface area contributed by atoms with Crippen molar-refractivity contribution in [3.8, 4) is 11.5 Å². The lowest BCUT2D eigenvalue weighted by atomic mass is 9.90. The van der Waals surface area contributed by atoms with E-state index in [4.69, 9.17) is 20.9 Å². The van der Waals surface area contributed by atoms with Crippen molar-refractivity contribution in [3.05, 3.63) is 36.3 Å². The third-order valence-electron chi connectivity index (χ3n) is 2.38. The lowest BCUT2D eigenvalue weighted by Gasteiger charge is -1.97. The highest BCUT2D eigenvalue weighted by atomic mass is 35.5. The summed E-state index contributed by atoms with van der Waals surface area (Å²) in [6.45, 7) is 0. The van der Waals surface area contributed by atoms with Gasteiger partial charge in [0.05, 0.1) is 0 Å². The van der Waals surface area contributed by atoms with Crippen molar-refractivity contribution in [2.24, 2.45) is 0 Å². The average molecular weight is 237 g/mol. The topological polar surface area (TPSA) is 18.5 Å². The van der Waals surface area contributed by atoms with Crippen molar-refractivity contribution in [1.29, 1.82) is 0 Å². The molecule has 0 N–H and O–H groups in total. The van der Waals surface area contributed by atoms with E-state index in [2.05, 4.69) is 6.08 Å². The highest BCUT2D eigenvalue weighted by molar-refractivity contribution is 6.53. The molecule has 0 saturated heterocycles. The number of para-hydroxylation sites is 2. The van der Waals surface area contributed by atoms with Gasteiger partial charge in [-0.05, 0) is 37.4 Å². The summed E-state index contributed by atoms with van der Waals surface area (Å²) in [6.07, 6.45) is 5.27. The molecule has 0 spiro atoms. The van der Waals surface area contributed by atoms with E-state index in [0.717, 1.165) is 36.6 Å². The molecule has 0 unspecified atom stereocenters. The standard InChI is InChI=1S/C12H14BClO2/c14-10-6-2-1-5-9-13-15-11-7-3-4-8-12(11)16-13/h3-5,7-9H,1-2,6,10H2/b9-5+. The summed E-state index contributed by atoms with van der Waals surface area (Å²) in [5.41, 5.74) is 0. The monoisotopic (exact) mass is 236 g/mol. The SMILES string of the molecule is ClCCCC/C=C/B1Oc2ccccc2O1. The molecule has 1 aliphatic rings. The highest BCUT2D eigenvalue weighted by Crippen LogP contribution is 2.32. The van der Waals surface area contributed by atoms with E-state index in [1.165, 1.54) is 0 Å². The lowest BCUT2D eigenvalue weighted by molar-refractivity contribution is 0.517. The van der Waals surface area contributed by atoms with E-state index in [-0.39, 0.29) is 7.12 Å². The van der Waals surface area contributed by atoms with Crippen LogP contribution in [0.25, 0.3) is 0 Å². The Bertz CT molecular complexity index is 343. The maximum atomic E-state index is 5.59. The Morgan fingerprint density at radius 1 is 1.12 bits per heavy atom. The fraction of sp³-hybridized carbons (Fsp3) is 0.333. The number of hydrogen-bond acceptors (Lipinski definition) is 2. The number of unbranched alkanes of at least 4 members (excludes halogenated alkanes) is 2. The first-order chi connectivity index (χ1) is 7.90. The molecule has 0 bridgehead atoms. The van der Waals surface area contributed by atoms with Crippen molar-refractivity contribution >= 4 is 18.7 Å². The minimum absolute atomic E-state index is 0.270. The molecule has 1 aliphatic heterocycles. The largest absolute Gasteiger partial charge is 0.624 e. The van der Waals surface area contributed by atoms with Crippen molar-refractivity contribution in [3.63, 3.8) is 0 Å². The van der Waals surface area contributed by atoms with E-state index < -0.39 is 0 Å². The van der Waals surface area contributed by atoms with Gasteiger partial charge in [0.1, 0.15) is 11.5 Å². The molecule has 0 aliphatic carbocycles. The van der Waals surface area contributed by atoms with Gasteiger partial charge in [-0.25, -0.2) is 0 Å². The number of rotatable bonds is 5. The maximum Gasteiger partial charge on any atom is 0.624 e. The van der Waals surface area contributed by atoms with Crippen LogP contribution < -0.4 is 9.31 Å². The summed E-state index contributed by atoms with van der Waals surface area (Å²) < 4.78 is 11.2. The second-order valence-corrected chi connectivity index (χ2v) is 4.04. The molecule has 0 atom stereocenters. The smallest absolute Gasteiger partial charge is 0.520 e. The van der Waals surface area contributed by atoms with Crippen LogP contribution in [0.4, 0.5) is 0 Å². The third-order valence-corrected chi connectivity index (χ3v) is 2.65. The molecule has 0 amide bonds. The summed E-state index contributed by atoms with van der Waals surface area (Å²) in [7, 11) is -0.270. The summed E-state index contributed by atoms with van der Waals surface area (Å²) in [5, 5.41) is 0. The van der Waals surface area contributed by atoms with E-state index in [1.807, 2.05) is 30.2 Å². The first kappa shape index (κ1) is 11.4. The fourth-order valence-corrected chi connectivity index (χ4v) is 1.75. The zero-order valence-corrected chi connectivity index (χ0v) is 9.82. The van der Waals surface area contributed by atoms with Gasteiger partial charge >= 0.3 is 7.12 Å². The minimum atomic E-state index is -0.270. The van der Waals surface area contributed by atoms with Gasteiger partial charge < -0.3 is 9.31 Å². The van der Waals surface area contributed by atoms with Crippen LogP contribution in [0.15, 0.2) is 36.3 Å². The summed E-state index contributed by atoms with van der Waals surface area (Å²) in [6, 6.07) is 7.71. The van der Waals surface area contributed by atoms with Crippen LogP contribution in [0.3, 0.4) is 0 Å². The first-order valence-electron chi connectivity index (χ1n) is 5.55. The number of benzene rings is 1. The zero-order valence-electron chi connectivity index (χ0n) is 9.06. The fourth-order valence-electron chi connectivity index (χ4n) is 1.56. The Hall–Kier alpha value is -1.09. The van der Waals surface area contributed by atoms with Gasteiger partial charge in [0, 0.05) is 5.88 Å². The van der Waals surface area contributed by atoms with Crippen molar-refractivity contribution in [1.82, 2.24) is 0 Å². The number of hydrogen-bond donors (Lipinski definition) is 0. The lowest BCUT2D eigenvalue weighted by Crippen LogP contribution is -2.21. The Morgan fingerprint density at radius 2 is 1.81 bits per heavy atom. The average Bonchev–Trinajstić information content (AvgIpc) is 2.71. The van der Waals surface area contributed by atoms with Crippen molar-refractivity contribution < 1.29 is 9.31 Å². The molecule has 4 heteroatoms. The zero-order chi connectivity index (χ0) is 11.2. The van der Waals surface area contributed by atoms with Crippen LogP contribution in [-0.4, -0.2) is 13.0 Å². The Labute approximate surface area is 101 Å². The molecule has 16 heavy (non-hydrogen) atoms. The Kier molecular flexibility index (Phi) is 4.17. The molecule has 1 aromatic rings. The van der Waals surface area contributed by atoms with Crippen LogP contribution >= 0.6 is 11.6 Å². The van der Waals surface area contributed by atoms with Gasteiger partial charge in [-0.3, -0.25) is 0 Å². The highest BCUT2D eigenvalue weighted by Gasteiger charge is 2.28. The van der Waals surface area contributed by atoms with Crippen LogP contribution in [0.1, 0.15) is 19.3 Å². The molecule has 0 fully saturated rings. The summed E-state index contributed by atoms with van der Waals surface area (Å²) >= 11 is 5.59. The summed E-state index contributed by atoms with van der Waals surface area (Å²) in [5.74, 6) is 4.32. The molecule has 2 nitrogen and oxygen atoms in total. The van der Waals surface area contributed by atoms with Crippen LogP contribution in [0.2, 0.25) is 0 Å². The number of alkyl halides is 1. The maximum absolute atomic E-state index is 5.59. The Balaban J connectivity index is 1.78. The van der Waals surface area contributed by atoms with Crippen LogP contribution in [-0.2, 0) is 0 Å². The van der Waals surface area contributed by atoms with Gasteiger partial charge in [-0.1, -0.05) is 18.2 Å². The first-order valence-corrected chi connectivity index (χ1v) is 6.08. The second-order valence-electron chi connectivity index (χ2n) is 3.66. The number of halogens is 1. The van der Waals surface area contributed by atoms with Gasteiger partial charge in [-0.2, -0.15) is 0 Å². The number of allylic oxidation sites excluding steroid dienone is 1. The van der Waals surface area contributed by atoms with Crippen LogP contribution in [0.5, 0.6) is 11.5 Å². The van der Waals surface area contributed by atoms with Gasteiger partial charge in [0.2, 0.25) is 0 Å². The van der Waals surface area contributed by atoms with Crippen molar-refractivity contribution in [2.75, 3.05) is 5.88 Å². The van der Waals surface area contributed by atoms with Crippen molar-refractivity contribution in [2.45, 2.75) is 19.3 Å². The van der Waals surface area contributed by atoms with E-state index >= 15 is 0 Å². The molecular formula is C12H14BClO2. The normalized spacial score (nSPS) is 13.7. The molecule has 0 aromatic heterocycles. The third kappa shape index (κ3) is 2.95. The molecule has 1 aromatic carbocycles. The van der Waals surface area contributed by atoms with Crippen LogP contribution in [0, 0.1) is 0 Å².